The van der Waals surface area contributed by atoms with Crippen LogP contribution in [-0.2, 0) is 9.53 Å². The van der Waals surface area contributed by atoms with Gasteiger partial charge in [0, 0.05) is 0 Å². The first-order chi connectivity index (χ1) is 20.2. The van der Waals surface area contributed by atoms with Crippen molar-refractivity contribution in [2.75, 3.05) is 6.61 Å². The van der Waals surface area contributed by atoms with Gasteiger partial charge in [-0.25, -0.2) is 18.4 Å². The van der Waals surface area contributed by atoms with Crippen LogP contribution < -0.4 is 9.47 Å². The summed E-state index contributed by atoms with van der Waals surface area (Å²) >= 11 is 0. The highest BCUT2D eigenvalue weighted by molar-refractivity contribution is 5.91. The molecule has 2 atom stereocenters. The van der Waals surface area contributed by atoms with Crippen molar-refractivity contribution in [1.82, 2.24) is 0 Å². The van der Waals surface area contributed by atoms with Crippen LogP contribution in [0.5, 0.6) is 11.5 Å². The average molecular weight is 591 g/mol. The summed E-state index contributed by atoms with van der Waals surface area (Å²) in [6.45, 7) is 5.98. The van der Waals surface area contributed by atoms with Crippen molar-refractivity contribution in [2.24, 2.45) is 5.92 Å². The molecule has 0 heterocycles. The van der Waals surface area contributed by atoms with Gasteiger partial charge in [0.25, 0.3) is 0 Å². The largest absolute Gasteiger partial charge is 0.490 e. The Balaban J connectivity index is 1.45. The zero-order valence-corrected chi connectivity index (χ0v) is 25.1. The van der Waals surface area contributed by atoms with Gasteiger partial charge in [-0.1, -0.05) is 77.8 Å². The molecule has 0 spiro atoms. The summed E-state index contributed by atoms with van der Waals surface area (Å²) in [5.41, 5.74) is 0.527. The van der Waals surface area contributed by atoms with E-state index in [4.69, 9.17) is 14.2 Å². The lowest BCUT2D eigenvalue weighted by atomic mass is 9.82. The topological polar surface area (TPSA) is 61.8 Å². The Labute approximate surface area is 248 Å². The van der Waals surface area contributed by atoms with E-state index >= 15 is 0 Å². The van der Waals surface area contributed by atoms with E-state index < -0.39 is 35.3 Å². The second kappa shape index (κ2) is 17.2. The van der Waals surface area contributed by atoms with E-state index in [0.717, 1.165) is 44.1 Å². The summed E-state index contributed by atoms with van der Waals surface area (Å²) in [5.74, 6) is -4.42. The number of carbonyl (C=O) groups excluding carboxylic acids is 2. The van der Waals surface area contributed by atoms with Gasteiger partial charge in [-0.3, -0.25) is 0 Å². The monoisotopic (exact) mass is 590 g/mol. The molecular weight excluding hydrogens is 545 g/mol. The van der Waals surface area contributed by atoms with Gasteiger partial charge in [0.1, 0.15) is 11.9 Å². The van der Waals surface area contributed by atoms with Crippen molar-refractivity contribution in [3.05, 3.63) is 59.2 Å². The van der Waals surface area contributed by atoms with Gasteiger partial charge in [0.2, 0.25) is 5.82 Å². The molecule has 232 valence electrons. The molecule has 0 N–H and O–H groups in total. The van der Waals surface area contributed by atoms with Crippen LogP contribution in [0.4, 0.5) is 13.2 Å². The number of unbranched alkanes of at least 4 members (excludes halogenated alkanes) is 6. The molecule has 2 aromatic carbocycles. The van der Waals surface area contributed by atoms with E-state index in [1.165, 1.54) is 31.4 Å². The number of ether oxygens (including phenoxy) is 3. The lowest BCUT2D eigenvalue weighted by molar-refractivity contribution is -0.158. The van der Waals surface area contributed by atoms with Crippen molar-refractivity contribution in [3.63, 3.8) is 0 Å². The molecule has 1 aliphatic rings. The van der Waals surface area contributed by atoms with E-state index in [1.54, 1.807) is 19.1 Å². The van der Waals surface area contributed by atoms with Crippen molar-refractivity contribution in [1.29, 1.82) is 0 Å². The minimum Gasteiger partial charge on any atom is -0.490 e. The normalized spacial score (nSPS) is 18.2. The number of carbonyl (C=O) groups is 2. The summed E-state index contributed by atoms with van der Waals surface area (Å²) in [4.78, 5) is 24.6. The van der Waals surface area contributed by atoms with Gasteiger partial charge in [0.15, 0.2) is 17.7 Å². The fourth-order valence-electron chi connectivity index (χ4n) is 5.19. The molecule has 1 fully saturated rings. The number of halogens is 3. The Morgan fingerprint density at radius 3 is 2.14 bits per heavy atom. The van der Waals surface area contributed by atoms with E-state index in [1.807, 2.05) is 19.1 Å². The first kappa shape index (κ1) is 33.5. The van der Waals surface area contributed by atoms with E-state index in [-0.39, 0.29) is 36.0 Å². The molecule has 42 heavy (non-hydrogen) atoms. The number of hydrogen-bond donors (Lipinski definition) is 0. The average Bonchev–Trinajstić information content (AvgIpc) is 3.00. The summed E-state index contributed by atoms with van der Waals surface area (Å²) in [7, 11) is 0. The Hall–Kier alpha value is -3.03. The number of alkyl halides is 1. The summed E-state index contributed by atoms with van der Waals surface area (Å²) in [6.07, 6.45) is 9.11. The van der Waals surface area contributed by atoms with Crippen molar-refractivity contribution in [3.8, 4) is 11.5 Å². The highest BCUT2D eigenvalue weighted by Gasteiger charge is 2.30. The van der Waals surface area contributed by atoms with Crippen LogP contribution in [0.3, 0.4) is 0 Å². The smallest absolute Gasteiger partial charge is 0.346 e. The maximum Gasteiger partial charge on any atom is 0.346 e. The Morgan fingerprint density at radius 2 is 1.50 bits per heavy atom. The molecule has 0 unspecified atom stereocenters. The highest BCUT2D eigenvalue weighted by atomic mass is 19.2. The molecule has 1 saturated carbocycles. The van der Waals surface area contributed by atoms with Crippen LogP contribution in [0.25, 0.3) is 0 Å². The first-order valence-corrected chi connectivity index (χ1v) is 15.5. The molecule has 1 aliphatic carbocycles. The fourth-order valence-corrected chi connectivity index (χ4v) is 5.19. The molecule has 0 aromatic heterocycles. The maximum absolute atomic E-state index is 14.7. The van der Waals surface area contributed by atoms with Gasteiger partial charge in [0.05, 0.1) is 12.2 Å². The number of hydrogen-bond acceptors (Lipinski definition) is 5. The molecule has 0 bridgehead atoms. The summed E-state index contributed by atoms with van der Waals surface area (Å²) in [5, 5.41) is 0. The molecule has 0 saturated heterocycles. The third-order valence-corrected chi connectivity index (χ3v) is 8.16. The molecule has 8 heteroatoms. The minimum atomic E-state index is -1.60. The van der Waals surface area contributed by atoms with E-state index in [0.29, 0.717) is 19.3 Å². The Bertz CT molecular complexity index is 1130. The quantitative estimate of drug-likeness (QED) is 0.111. The number of benzene rings is 2. The van der Waals surface area contributed by atoms with Crippen LogP contribution in [0, 0.1) is 17.6 Å². The van der Waals surface area contributed by atoms with Crippen molar-refractivity contribution >= 4 is 11.9 Å². The highest BCUT2D eigenvalue weighted by Crippen LogP contribution is 2.35. The van der Waals surface area contributed by atoms with Gasteiger partial charge in [-0.2, -0.15) is 4.39 Å². The number of rotatable bonds is 16. The SMILES string of the molecule is CCCCCCCCCOc1ccc(C(=O)Oc2ccc(C3CCC(OC(=O)[C@@H](F)[C@@H](C)CC)CC3)cc2)c(F)c1F. The number of esters is 2. The van der Waals surface area contributed by atoms with E-state index in [9.17, 15) is 22.8 Å². The third kappa shape index (κ3) is 9.77. The molecule has 3 rings (SSSR count). The molecular formula is C34H45F3O5. The van der Waals surface area contributed by atoms with E-state index in [2.05, 4.69) is 6.92 Å². The molecule has 0 amide bonds. The van der Waals surface area contributed by atoms with Crippen LogP contribution in [0.2, 0.25) is 0 Å². The summed E-state index contributed by atoms with van der Waals surface area (Å²) in [6, 6.07) is 9.33. The fraction of sp³-hybridized carbons (Fsp3) is 0.588. The third-order valence-electron chi connectivity index (χ3n) is 8.16. The molecule has 2 aromatic rings. The standard InChI is InChI=1S/C34H45F3O5/c1-4-6-7-8-9-10-11-22-40-29-21-20-28(31(36)32(29)37)33(38)41-26-16-12-24(13-17-26)25-14-18-27(19-15-25)42-34(39)30(35)23(3)5-2/h12-13,16-17,20-21,23,25,27,30H,4-11,14-15,18-19,22H2,1-3H3/t23-,25?,27?,30-/m0/s1. The van der Waals surface area contributed by atoms with Crippen LogP contribution in [-0.4, -0.2) is 30.8 Å². The predicted molar refractivity (Wildman–Crippen MR) is 157 cm³/mol. The van der Waals surface area contributed by atoms with Crippen LogP contribution in [0.15, 0.2) is 36.4 Å². The first-order valence-electron chi connectivity index (χ1n) is 15.5. The molecule has 5 nitrogen and oxygen atoms in total. The Morgan fingerprint density at radius 1 is 0.857 bits per heavy atom. The predicted octanol–water partition coefficient (Wildman–Crippen LogP) is 9.27. The van der Waals surface area contributed by atoms with Crippen LogP contribution >= 0.6 is 0 Å². The molecule has 0 radical (unpaired) electrons. The summed E-state index contributed by atoms with van der Waals surface area (Å²) < 4.78 is 59.5. The molecule has 0 aliphatic heterocycles. The van der Waals surface area contributed by atoms with Gasteiger partial charge in [-0.15, -0.1) is 0 Å². The lowest BCUT2D eigenvalue weighted by Crippen LogP contribution is -2.31. The van der Waals surface area contributed by atoms with Gasteiger partial charge >= 0.3 is 11.9 Å². The zero-order valence-electron chi connectivity index (χ0n) is 25.1. The van der Waals surface area contributed by atoms with Crippen LogP contribution in [0.1, 0.15) is 120 Å². The second-order valence-electron chi connectivity index (χ2n) is 11.4. The Kier molecular flexibility index (Phi) is 13.7. The second-order valence-corrected chi connectivity index (χ2v) is 11.4. The van der Waals surface area contributed by atoms with Gasteiger partial charge in [-0.05, 0) is 73.8 Å². The van der Waals surface area contributed by atoms with Gasteiger partial charge < -0.3 is 14.2 Å². The minimum absolute atomic E-state index is 0.212. The van der Waals surface area contributed by atoms with Crippen molar-refractivity contribution < 1.29 is 37.0 Å². The zero-order chi connectivity index (χ0) is 30.5. The van der Waals surface area contributed by atoms with Crippen molar-refractivity contribution in [2.45, 2.75) is 116 Å². The maximum atomic E-state index is 14.7. The lowest BCUT2D eigenvalue weighted by Gasteiger charge is -2.29.